The lowest BCUT2D eigenvalue weighted by Crippen LogP contribution is -2.37. The van der Waals surface area contributed by atoms with Gasteiger partial charge in [0.15, 0.2) is 0 Å². The molecule has 0 bridgehead atoms. The van der Waals surface area contributed by atoms with Gasteiger partial charge >= 0.3 is 0 Å². The van der Waals surface area contributed by atoms with E-state index in [2.05, 4.69) is 40.9 Å². The van der Waals surface area contributed by atoms with Crippen molar-refractivity contribution in [2.75, 3.05) is 56.2 Å². The van der Waals surface area contributed by atoms with Gasteiger partial charge in [0.2, 0.25) is 5.95 Å². The standard InChI is InChI=1S/C18H33N5O/c1-5-22(6-2)9-7-8-15(3)19-17-14-16(4)20-18(21-17)23-10-12-24-13-11-23/h14-15H,5-13H2,1-4H3,(H,19,20,21). The minimum absolute atomic E-state index is 0.410. The number of ether oxygens (including phenoxy) is 1. The molecule has 136 valence electrons. The quantitative estimate of drug-likeness (QED) is 0.748. The van der Waals surface area contributed by atoms with Crippen LogP contribution in [0.5, 0.6) is 0 Å². The number of hydrogen-bond acceptors (Lipinski definition) is 6. The molecule has 1 atom stereocenters. The van der Waals surface area contributed by atoms with Crippen LogP contribution in [0.1, 0.15) is 39.3 Å². The van der Waals surface area contributed by atoms with Gasteiger partial charge in [-0.15, -0.1) is 0 Å². The monoisotopic (exact) mass is 335 g/mol. The van der Waals surface area contributed by atoms with Crippen molar-refractivity contribution in [3.8, 4) is 0 Å². The largest absolute Gasteiger partial charge is 0.378 e. The lowest BCUT2D eigenvalue weighted by molar-refractivity contribution is 0.122. The van der Waals surface area contributed by atoms with E-state index in [1.165, 1.54) is 13.0 Å². The Morgan fingerprint density at radius 1 is 1.25 bits per heavy atom. The van der Waals surface area contributed by atoms with Gasteiger partial charge in [0, 0.05) is 30.9 Å². The highest BCUT2D eigenvalue weighted by molar-refractivity contribution is 5.44. The van der Waals surface area contributed by atoms with E-state index < -0.39 is 0 Å². The van der Waals surface area contributed by atoms with Gasteiger partial charge in [-0.1, -0.05) is 13.8 Å². The zero-order chi connectivity index (χ0) is 17.4. The third kappa shape index (κ3) is 5.91. The molecular formula is C18H33N5O. The van der Waals surface area contributed by atoms with Crippen molar-refractivity contribution in [3.05, 3.63) is 11.8 Å². The molecule has 1 unspecified atom stereocenters. The second-order valence-electron chi connectivity index (χ2n) is 6.51. The first-order valence-electron chi connectivity index (χ1n) is 9.29. The minimum Gasteiger partial charge on any atom is -0.378 e. The molecule has 2 rings (SSSR count). The van der Waals surface area contributed by atoms with Crippen molar-refractivity contribution in [1.82, 2.24) is 14.9 Å². The zero-order valence-corrected chi connectivity index (χ0v) is 15.7. The first-order valence-corrected chi connectivity index (χ1v) is 9.29. The SMILES string of the molecule is CCN(CC)CCCC(C)Nc1cc(C)nc(N2CCOCC2)n1. The molecule has 0 radical (unpaired) electrons. The summed E-state index contributed by atoms with van der Waals surface area (Å²) in [6.07, 6.45) is 2.35. The van der Waals surface area contributed by atoms with E-state index in [0.717, 1.165) is 63.3 Å². The van der Waals surface area contributed by atoms with Crippen LogP contribution < -0.4 is 10.2 Å². The van der Waals surface area contributed by atoms with Gasteiger partial charge in [-0.25, -0.2) is 4.98 Å². The molecule has 0 aromatic carbocycles. The average Bonchev–Trinajstić information content (AvgIpc) is 2.59. The molecule has 1 aromatic heterocycles. The maximum atomic E-state index is 5.41. The number of morpholine rings is 1. The normalized spacial score (nSPS) is 16.5. The van der Waals surface area contributed by atoms with Crippen molar-refractivity contribution in [2.45, 2.75) is 46.6 Å². The summed E-state index contributed by atoms with van der Waals surface area (Å²) in [6, 6.07) is 2.44. The highest BCUT2D eigenvalue weighted by Gasteiger charge is 2.15. The minimum atomic E-state index is 0.410. The van der Waals surface area contributed by atoms with E-state index in [0.29, 0.717) is 6.04 Å². The summed E-state index contributed by atoms with van der Waals surface area (Å²) in [5.41, 5.74) is 1.00. The van der Waals surface area contributed by atoms with Crippen LogP contribution >= 0.6 is 0 Å². The number of hydrogen-bond donors (Lipinski definition) is 1. The van der Waals surface area contributed by atoms with Crippen LogP contribution in [0.25, 0.3) is 0 Å². The van der Waals surface area contributed by atoms with Crippen LogP contribution in [-0.4, -0.2) is 66.8 Å². The topological polar surface area (TPSA) is 53.5 Å². The van der Waals surface area contributed by atoms with Gasteiger partial charge < -0.3 is 19.9 Å². The first kappa shape index (κ1) is 18.9. The Kier molecular flexibility index (Phi) is 7.72. The number of nitrogens with zero attached hydrogens (tertiary/aromatic N) is 4. The first-order chi connectivity index (χ1) is 11.6. The molecule has 1 saturated heterocycles. The van der Waals surface area contributed by atoms with Crippen LogP contribution in [0, 0.1) is 6.92 Å². The van der Waals surface area contributed by atoms with Crippen molar-refractivity contribution < 1.29 is 4.74 Å². The van der Waals surface area contributed by atoms with Gasteiger partial charge in [-0.05, 0) is 46.3 Å². The number of rotatable bonds is 9. The van der Waals surface area contributed by atoms with Crippen molar-refractivity contribution in [1.29, 1.82) is 0 Å². The lowest BCUT2D eigenvalue weighted by Gasteiger charge is -2.27. The van der Waals surface area contributed by atoms with E-state index in [-0.39, 0.29) is 0 Å². The summed E-state index contributed by atoms with van der Waals surface area (Å²) in [4.78, 5) is 14.0. The highest BCUT2D eigenvalue weighted by atomic mass is 16.5. The number of aromatic nitrogens is 2. The summed E-state index contributed by atoms with van der Waals surface area (Å²) in [5.74, 6) is 1.75. The number of nitrogens with one attached hydrogen (secondary N) is 1. The van der Waals surface area contributed by atoms with E-state index in [1.807, 2.05) is 13.0 Å². The average molecular weight is 335 g/mol. The second kappa shape index (κ2) is 9.79. The smallest absolute Gasteiger partial charge is 0.227 e. The van der Waals surface area contributed by atoms with Crippen LogP contribution in [0.15, 0.2) is 6.07 Å². The maximum absolute atomic E-state index is 5.41. The fraction of sp³-hybridized carbons (Fsp3) is 0.778. The predicted octanol–water partition coefficient (Wildman–Crippen LogP) is 2.54. The number of anilines is 2. The summed E-state index contributed by atoms with van der Waals surface area (Å²) in [5, 5.41) is 3.54. The van der Waals surface area contributed by atoms with Crippen LogP contribution in [-0.2, 0) is 4.74 Å². The fourth-order valence-electron chi connectivity index (χ4n) is 3.02. The molecule has 24 heavy (non-hydrogen) atoms. The summed E-state index contributed by atoms with van der Waals surface area (Å²) in [6.45, 7) is 15.4. The van der Waals surface area contributed by atoms with Gasteiger partial charge in [-0.2, -0.15) is 4.98 Å². The van der Waals surface area contributed by atoms with Crippen molar-refractivity contribution >= 4 is 11.8 Å². The second-order valence-corrected chi connectivity index (χ2v) is 6.51. The zero-order valence-electron chi connectivity index (χ0n) is 15.7. The summed E-state index contributed by atoms with van der Waals surface area (Å²) in [7, 11) is 0. The molecule has 6 nitrogen and oxygen atoms in total. The lowest BCUT2D eigenvalue weighted by atomic mass is 10.1. The molecule has 1 fully saturated rings. The number of aryl methyl sites for hydroxylation is 1. The molecule has 0 saturated carbocycles. The van der Waals surface area contributed by atoms with Crippen LogP contribution in [0.3, 0.4) is 0 Å². The van der Waals surface area contributed by atoms with Crippen LogP contribution in [0.2, 0.25) is 0 Å². The molecule has 0 aliphatic carbocycles. The van der Waals surface area contributed by atoms with Gasteiger partial charge in [0.05, 0.1) is 13.2 Å². The van der Waals surface area contributed by atoms with E-state index in [1.54, 1.807) is 0 Å². The molecule has 1 aromatic rings. The Morgan fingerprint density at radius 3 is 2.62 bits per heavy atom. The fourth-order valence-corrected chi connectivity index (χ4v) is 3.02. The molecule has 6 heteroatoms. The molecule has 2 heterocycles. The third-order valence-electron chi connectivity index (χ3n) is 4.54. The van der Waals surface area contributed by atoms with Gasteiger partial charge in [0.25, 0.3) is 0 Å². The highest BCUT2D eigenvalue weighted by Crippen LogP contribution is 2.16. The van der Waals surface area contributed by atoms with Crippen LogP contribution in [0.4, 0.5) is 11.8 Å². The Bertz CT molecular complexity index is 486. The Morgan fingerprint density at radius 2 is 1.96 bits per heavy atom. The molecule has 1 aliphatic heterocycles. The van der Waals surface area contributed by atoms with Gasteiger partial charge in [-0.3, -0.25) is 0 Å². The maximum Gasteiger partial charge on any atom is 0.227 e. The predicted molar refractivity (Wildman–Crippen MR) is 99.9 cm³/mol. The Balaban J connectivity index is 1.87. The third-order valence-corrected chi connectivity index (χ3v) is 4.54. The van der Waals surface area contributed by atoms with E-state index in [9.17, 15) is 0 Å². The summed E-state index contributed by atoms with van der Waals surface area (Å²) >= 11 is 0. The van der Waals surface area contributed by atoms with Gasteiger partial charge in [0.1, 0.15) is 5.82 Å². The molecular weight excluding hydrogens is 302 g/mol. The molecule has 0 amide bonds. The molecule has 1 N–H and O–H groups in total. The summed E-state index contributed by atoms with van der Waals surface area (Å²) < 4.78 is 5.41. The van der Waals surface area contributed by atoms with E-state index in [4.69, 9.17) is 9.72 Å². The van der Waals surface area contributed by atoms with E-state index >= 15 is 0 Å². The molecule has 0 spiro atoms. The van der Waals surface area contributed by atoms with Crippen molar-refractivity contribution in [2.24, 2.45) is 0 Å². The Labute approximate surface area is 146 Å². The molecule has 1 aliphatic rings. The Hall–Kier alpha value is -1.40. The van der Waals surface area contributed by atoms with Crippen molar-refractivity contribution in [3.63, 3.8) is 0 Å².